The minimum Gasteiger partial charge on any atom is -0.483 e. The summed E-state index contributed by atoms with van der Waals surface area (Å²) in [6.07, 6.45) is 0.866. The van der Waals surface area contributed by atoms with E-state index in [-0.39, 0.29) is 12.5 Å². The Labute approximate surface area is 129 Å². The number of benzene rings is 2. The Morgan fingerprint density at radius 3 is 2.71 bits per heavy atom. The number of amides is 1. The highest BCUT2D eigenvalue weighted by molar-refractivity contribution is 6.31. The Morgan fingerprint density at radius 1 is 1.19 bits per heavy atom. The Bertz CT molecular complexity index is 640. The van der Waals surface area contributed by atoms with Gasteiger partial charge in [-0.05, 0) is 42.7 Å². The van der Waals surface area contributed by atoms with E-state index in [4.69, 9.17) is 16.3 Å². The van der Waals surface area contributed by atoms with Crippen molar-refractivity contribution in [1.29, 1.82) is 0 Å². The van der Waals surface area contributed by atoms with Crippen LogP contribution in [0.5, 0.6) is 5.75 Å². The molecule has 0 fully saturated rings. The van der Waals surface area contributed by atoms with Gasteiger partial charge in [-0.2, -0.15) is 0 Å². The molecule has 4 heteroatoms. The first kappa shape index (κ1) is 15.4. The van der Waals surface area contributed by atoms with Gasteiger partial charge in [0.25, 0.3) is 5.91 Å². The Balaban J connectivity index is 1.98. The molecular weight excluding hydrogens is 286 g/mol. The fourth-order valence-corrected chi connectivity index (χ4v) is 2.18. The predicted octanol–water partition coefficient (Wildman–Crippen LogP) is 4.23. The second-order valence-electron chi connectivity index (χ2n) is 4.71. The monoisotopic (exact) mass is 303 g/mol. The summed E-state index contributed by atoms with van der Waals surface area (Å²) in [5.41, 5.74) is 2.64. The van der Waals surface area contributed by atoms with Crippen LogP contribution in [0.3, 0.4) is 0 Å². The molecule has 3 nitrogen and oxygen atoms in total. The zero-order valence-corrected chi connectivity index (χ0v) is 12.9. The molecular formula is C17H18ClNO2. The first-order chi connectivity index (χ1) is 10.1. The van der Waals surface area contributed by atoms with Gasteiger partial charge in [-0.3, -0.25) is 4.79 Å². The van der Waals surface area contributed by atoms with Crippen molar-refractivity contribution in [1.82, 2.24) is 0 Å². The van der Waals surface area contributed by atoms with E-state index >= 15 is 0 Å². The standard InChI is InChI=1S/C17H18ClNO2/c1-3-13-7-4-5-10-16(13)21-11-17(20)19-15-9-6-8-14(18)12(15)2/h4-10H,3,11H2,1-2H3,(H,19,20). The molecule has 1 N–H and O–H groups in total. The van der Waals surface area contributed by atoms with Crippen LogP contribution < -0.4 is 10.1 Å². The molecule has 21 heavy (non-hydrogen) atoms. The fraction of sp³-hybridized carbons (Fsp3) is 0.235. The number of nitrogens with one attached hydrogen (secondary N) is 1. The number of para-hydroxylation sites is 1. The molecule has 0 unspecified atom stereocenters. The molecule has 110 valence electrons. The van der Waals surface area contributed by atoms with Gasteiger partial charge in [-0.15, -0.1) is 0 Å². The second-order valence-corrected chi connectivity index (χ2v) is 5.12. The van der Waals surface area contributed by atoms with E-state index in [2.05, 4.69) is 12.2 Å². The highest BCUT2D eigenvalue weighted by Gasteiger charge is 2.08. The van der Waals surface area contributed by atoms with Crippen LogP contribution in [0.1, 0.15) is 18.1 Å². The number of hydrogen-bond donors (Lipinski definition) is 1. The highest BCUT2D eigenvalue weighted by atomic mass is 35.5. The summed E-state index contributed by atoms with van der Waals surface area (Å²) in [6.45, 7) is 3.89. The third-order valence-electron chi connectivity index (χ3n) is 3.25. The van der Waals surface area contributed by atoms with Crippen LogP contribution in [-0.2, 0) is 11.2 Å². The van der Waals surface area contributed by atoms with E-state index < -0.39 is 0 Å². The van der Waals surface area contributed by atoms with Crippen LogP contribution in [-0.4, -0.2) is 12.5 Å². The SMILES string of the molecule is CCc1ccccc1OCC(=O)Nc1cccc(Cl)c1C. The lowest BCUT2D eigenvalue weighted by molar-refractivity contribution is -0.118. The number of carbonyl (C=O) groups is 1. The molecule has 0 spiro atoms. The molecule has 0 atom stereocenters. The zero-order valence-electron chi connectivity index (χ0n) is 12.2. The largest absolute Gasteiger partial charge is 0.483 e. The molecule has 2 rings (SSSR count). The first-order valence-corrected chi connectivity index (χ1v) is 7.25. The normalized spacial score (nSPS) is 10.2. The molecule has 0 aliphatic rings. The smallest absolute Gasteiger partial charge is 0.262 e. The minimum absolute atomic E-state index is 0.0248. The molecule has 0 aliphatic heterocycles. The second kappa shape index (κ2) is 7.14. The third-order valence-corrected chi connectivity index (χ3v) is 3.66. The summed E-state index contributed by atoms with van der Waals surface area (Å²) in [7, 11) is 0. The lowest BCUT2D eigenvalue weighted by Gasteiger charge is -2.12. The van der Waals surface area contributed by atoms with Crippen LogP contribution in [0.2, 0.25) is 5.02 Å². The van der Waals surface area contributed by atoms with Gasteiger partial charge in [0.05, 0.1) is 0 Å². The lowest BCUT2D eigenvalue weighted by Crippen LogP contribution is -2.21. The topological polar surface area (TPSA) is 38.3 Å². The Morgan fingerprint density at radius 2 is 1.95 bits per heavy atom. The Hall–Kier alpha value is -2.00. The first-order valence-electron chi connectivity index (χ1n) is 6.87. The van der Waals surface area contributed by atoms with Gasteiger partial charge >= 0.3 is 0 Å². The number of aryl methyl sites for hydroxylation is 1. The Kier molecular flexibility index (Phi) is 5.23. The van der Waals surface area contributed by atoms with Crippen LogP contribution >= 0.6 is 11.6 Å². The number of halogens is 1. The van der Waals surface area contributed by atoms with E-state index in [1.54, 1.807) is 12.1 Å². The molecule has 0 radical (unpaired) electrons. The molecule has 2 aromatic rings. The van der Waals surface area contributed by atoms with Gasteiger partial charge < -0.3 is 10.1 Å². The third kappa shape index (κ3) is 3.99. The highest BCUT2D eigenvalue weighted by Crippen LogP contribution is 2.23. The maximum absolute atomic E-state index is 12.0. The van der Waals surface area contributed by atoms with Crippen molar-refractivity contribution in [3.63, 3.8) is 0 Å². The summed E-state index contributed by atoms with van der Waals surface area (Å²) in [5.74, 6) is 0.546. The van der Waals surface area contributed by atoms with Gasteiger partial charge in [0.1, 0.15) is 5.75 Å². The van der Waals surface area contributed by atoms with Gasteiger partial charge in [0, 0.05) is 10.7 Å². The van der Waals surface area contributed by atoms with Gasteiger partial charge in [0.15, 0.2) is 6.61 Å². The molecule has 0 aliphatic carbocycles. The molecule has 0 heterocycles. The number of anilines is 1. The van der Waals surface area contributed by atoms with Crippen molar-refractivity contribution in [2.24, 2.45) is 0 Å². The molecule has 1 amide bonds. The van der Waals surface area contributed by atoms with Crippen LogP contribution in [0.15, 0.2) is 42.5 Å². The molecule has 0 aromatic heterocycles. The maximum Gasteiger partial charge on any atom is 0.262 e. The minimum atomic E-state index is -0.203. The van der Waals surface area contributed by atoms with E-state index in [9.17, 15) is 4.79 Å². The number of carbonyl (C=O) groups excluding carboxylic acids is 1. The summed E-state index contributed by atoms with van der Waals surface area (Å²) >= 11 is 6.03. The molecule has 0 saturated carbocycles. The average molecular weight is 304 g/mol. The number of rotatable bonds is 5. The lowest BCUT2D eigenvalue weighted by atomic mass is 10.1. The van der Waals surface area contributed by atoms with Crippen LogP contribution in [0, 0.1) is 6.92 Å². The van der Waals surface area contributed by atoms with Crippen LogP contribution in [0.4, 0.5) is 5.69 Å². The quantitative estimate of drug-likeness (QED) is 0.897. The molecule has 0 saturated heterocycles. The number of hydrogen-bond acceptors (Lipinski definition) is 2. The van der Waals surface area contributed by atoms with Crippen molar-refractivity contribution in [3.8, 4) is 5.75 Å². The van der Waals surface area contributed by atoms with E-state index in [0.29, 0.717) is 10.7 Å². The van der Waals surface area contributed by atoms with Crippen molar-refractivity contribution in [2.75, 3.05) is 11.9 Å². The van der Waals surface area contributed by atoms with Crippen molar-refractivity contribution in [3.05, 3.63) is 58.6 Å². The molecule has 2 aromatic carbocycles. The van der Waals surface area contributed by atoms with Gasteiger partial charge in [-0.25, -0.2) is 0 Å². The van der Waals surface area contributed by atoms with E-state index in [1.807, 2.05) is 37.3 Å². The van der Waals surface area contributed by atoms with Crippen molar-refractivity contribution >= 4 is 23.2 Å². The van der Waals surface area contributed by atoms with E-state index in [0.717, 1.165) is 23.3 Å². The number of ether oxygens (including phenoxy) is 1. The van der Waals surface area contributed by atoms with Crippen LogP contribution in [0.25, 0.3) is 0 Å². The molecule has 0 bridgehead atoms. The predicted molar refractivity (Wildman–Crippen MR) is 86.1 cm³/mol. The average Bonchev–Trinajstić information content (AvgIpc) is 2.50. The van der Waals surface area contributed by atoms with E-state index in [1.165, 1.54) is 0 Å². The van der Waals surface area contributed by atoms with Crippen molar-refractivity contribution in [2.45, 2.75) is 20.3 Å². The fourth-order valence-electron chi connectivity index (χ4n) is 2.01. The summed E-state index contributed by atoms with van der Waals surface area (Å²) in [5, 5.41) is 3.44. The van der Waals surface area contributed by atoms with Gasteiger partial charge in [-0.1, -0.05) is 42.8 Å². The van der Waals surface area contributed by atoms with Gasteiger partial charge in [0.2, 0.25) is 0 Å². The summed E-state index contributed by atoms with van der Waals surface area (Å²) in [6, 6.07) is 13.1. The van der Waals surface area contributed by atoms with Crippen molar-refractivity contribution < 1.29 is 9.53 Å². The summed E-state index contributed by atoms with van der Waals surface area (Å²) in [4.78, 5) is 12.0. The maximum atomic E-state index is 12.0. The summed E-state index contributed by atoms with van der Waals surface area (Å²) < 4.78 is 5.59. The zero-order chi connectivity index (χ0) is 15.2.